The molecule has 0 unspecified atom stereocenters. The number of nitrogens with one attached hydrogen (secondary N) is 1. The number of halogens is 1. The maximum absolute atomic E-state index is 12.5. The van der Waals surface area contributed by atoms with E-state index in [0.717, 1.165) is 11.2 Å². The van der Waals surface area contributed by atoms with Gasteiger partial charge in [0, 0.05) is 31.2 Å². The van der Waals surface area contributed by atoms with Crippen molar-refractivity contribution >= 4 is 49.4 Å². The Morgan fingerprint density at radius 3 is 3.05 bits per heavy atom. The minimum Gasteiger partial charge on any atom is -0.448 e. The normalized spacial score (nSPS) is 11.2. The lowest BCUT2D eigenvalue weighted by Crippen LogP contribution is -2.18. The van der Waals surface area contributed by atoms with E-state index in [1.807, 2.05) is 22.9 Å². The molecule has 0 aliphatic heterocycles. The van der Waals surface area contributed by atoms with Crippen molar-refractivity contribution in [3.63, 3.8) is 0 Å². The third-order valence-corrected chi connectivity index (χ3v) is 4.42. The van der Waals surface area contributed by atoms with E-state index in [1.165, 1.54) is 11.3 Å². The number of anilines is 1. The quantitative estimate of drug-likeness (QED) is 0.729. The molecule has 3 rings (SSSR count). The van der Waals surface area contributed by atoms with Gasteiger partial charge in [-0.15, -0.1) is 11.3 Å². The number of aryl methyl sites for hydroxylation is 1. The summed E-state index contributed by atoms with van der Waals surface area (Å²) in [5.41, 5.74) is 2.91. The van der Waals surface area contributed by atoms with Crippen LogP contribution in [0.15, 0.2) is 26.6 Å². The molecule has 0 aliphatic rings. The van der Waals surface area contributed by atoms with E-state index in [9.17, 15) is 4.79 Å². The molecule has 116 valence electrons. The third-order valence-electron chi connectivity index (χ3n) is 3.15. The maximum atomic E-state index is 12.5. The Balaban J connectivity index is 1.94. The number of amides is 1. The zero-order chi connectivity index (χ0) is 15.7. The highest BCUT2D eigenvalue weighted by Gasteiger charge is 2.19. The zero-order valence-corrected chi connectivity index (χ0v) is 14.5. The average molecular weight is 384 g/mol. The van der Waals surface area contributed by atoms with Crippen LogP contribution in [-0.4, -0.2) is 29.2 Å². The van der Waals surface area contributed by atoms with Gasteiger partial charge in [-0.3, -0.25) is 10.1 Å². The van der Waals surface area contributed by atoms with Crippen molar-refractivity contribution in [1.82, 2.24) is 9.55 Å². The second-order valence-electron chi connectivity index (χ2n) is 4.72. The monoisotopic (exact) mass is 383 g/mol. The molecule has 0 radical (unpaired) electrons. The molecule has 3 aromatic rings. The highest BCUT2D eigenvalue weighted by atomic mass is 79.9. The Kier molecular flexibility index (Phi) is 4.32. The van der Waals surface area contributed by atoms with Crippen molar-refractivity contribution in [1.29, 1.82) is 0 Å². The number of aromatic nitrogens is 2. The van der Waals surface area contributed by atoms with Crippen LogP contribution in [0.4, 0.5) is 5.13 Å². The van der Waals surface area contributed by atoms with Crippen molar-refractivity contribution in [3.05, 3.63) is 33.6 Å². The number of carbonyl (C=O) groups excluding carboxylic acids is 1. The zero-order valence-electron chi connectivity index (χ0n) is 12.1. The first kappa shape index (κ1) is 15.3. The Morgan fingerprint density at radius 1 is 1.55 bits per heavy atom. The number of methoxy groups -OCH3 is 1. The summed E-state index contributed by atoms with van der Waals surface area (Å²) in [5.74, 6) is -0.215. The predicted molar refractivity (Wildman–Crippen MR) is 88.6 cm³/mol. The Bertz CT molecular complexity index is 821. The molecule has 0 aromatic carbocycles. The van der Waals surface area contributed by atoms with Gasteiger partial charge in [-0.1, -0.05) is 0 Å². The highest BCUT2D eigenvalue weighted by molar-refractivity contribution is 9.10. The molecule has 0 bridgehead atoms. The van der Waals surface area contributed by atoms with E-state index in [0.29, 0.717) is 34.2 Å². The van der Waals surface area contributed by atoms with E-state index in [-0.39, 0.29) is 5.91 Å². The van der Waals surface area contributed by atoms with Crippen LogP contribution in [0.2, 0.25) is 0 Å². The van der Waals surface area contributed by atoms with Crippen LogP contribution in [0.1, 0.15) is 16.2 Å². The van der Waals surface area contributed by atoms with Gasteiger partial charge in [0.2, 0.25) is 0 Å². The molecule has 0 aliphatic carbocycles. The summed E-state index contributed by atoms with van der Waals surface area (Å²) in [6.07, 6.45) is 0. The summed E-state index contributed by atoms with van der Waals surface area (Å²) < 4.78 is 13.2. The number of carbonyl (C=O) groups is 1. The number of rotatable bonds is 5. The van der Waals surface area contributed by atoms with Crippen molar-refractivity contribution < 1.29 is 13.9 Å². The largest absolute Gasteiger partial charge is 0.448 e. The van der Waals surface area contributed by atoms with Crippen LogP contribution in [-0.2, 0) is 11.3 Å². The van der Waals surface area contributed by atoms with Gasteiger partial charge in [0.25, 0.3) is 5.91 Å². The first-order chi connectivity index (χ1) is 10.6. The van der Waals surface area contributed by atoms with E-state index in [4.69, 9.17) is 9.15 Å². The summed E-state index contributed by atoms with van der Waals surface area (Å²) in [4.78, 5) is 16.7. The summed E-state index contributed by atoms with van der Waals surface area (Å²) in [6, 6.07) is 3.57. The smallest absolute Gasteiger partial charge is 0.274 e. The van der Waals surface area contributed by atoms with Crippen LogP contribution in [0, 0.1) is 6.92 Å². The second-order valence-corrected chi connectivity index (χ2v) is 6.36. The summed E-state index contributed by atoms with van der Waals surface area (Å²) in [5, 5.41) is 5.29. The Morgan fingerprint density at radius 2 is 2.36 bits per heavy atom. The molecule has 22 heavy (non-hydrogen) atoms. The highest BCUT2D eigenvalue weighted by Crippen LogP contribution is 2.27. The van der Waals surface area contributed by atoms with E-state index < -0.39 is 0 Å². The first-order valence-corrected chi connectivity index (χ1v) is 8.26. The van der Waals surface area contributed by atoms with Crippen molar-refractivity contribution in [2.75, 3.05) is 19.0 Å². The van der Waals surface area contributed by atoms with Crippen molar-refractivity contribution in [2.24, 2.45) is 0 Å². The SMILES string of the molecule is COCCn1c(C(=O)Nc2nc(C)cs2)cc2oc(Br)cc21. The molecule has 0 saturated carbocycles. The number of nitrogens with zero attached hydrogens (tertiary/aromatic N) is 2. The number of furan rings is 1. The van der Waals surface area contributed by atoms with Gasteiger partial charge in [-0.05, 0) is 22.9 Å². The lowest BCUT2D eigenvalue weighted by molar-refractivity contribution is 0.101. The molecule has 0 spiro atoms. The lowest BCUT2D eigenvalue weighted by Gasteiger charge is -2.08. The summed E-state index contributed by atoms with van der Waals surface area (Å²) >= 11 is 4.70. The van der Waals surface area contributed by atoms with Gasteiger partial charge in [0.1, 0.15) is 5.69 Å². The minimum absolute atomic E-state index is 0.215. The van der Waals surface area contributed by atoms with E-state index in [2.05, 4.69) is 26.2 Å². The Hall–Kier alpha value is -1.64. The Labute approximate surface area is 139 Å². The second kappa shape index (κ2) is 6.23. The molecule has 8 heteroatoms. The maximum Gasteiger partial charge on any atom is 0.274 e. The summed E-state index contributed by atoms with van der Waals surface area (Å²) in [6.45, 7) is 2.95. The van der Waals surface area contributed by atoms with Gasteiger partial charge in [-0.2, -0.15) is 0 Å². The molecular weight excluding hydrogens is 370 g/mol. The van der Waals surface area contributed by atoms with E-state index in [1.54, 1.807) is 13.2 Å². The van der Waals surface area contributed by atoms with Gasteiger partial charge in [0.15, 0.2) is 15.4 Å². The third kappa shape index (κ3) is 2.94. The molecule has 3 heterocycles. The standard InChI is InChI=1S/C14H14BrN3O3S/c1-8-7-22-14(16-8)17-13(19)10-5-11-9(6-12(15)21-11)18(10)3-4-20-2/h5-7H,3-4H2,1-2H3,(H,16,17,19). The molecule has 0 atom stereocenters. The van der Waals surface area contributed by atoms with Crippen LogP contribution < -0.4 is 5.32 Å². The van der Waals surface area contributed by atoms with Crippen molar-refractivity contribution in [2.45, 2.75) is 13.5 Å². The lowest BCUT2D eigenvalue weighted by atomic mass is 10.4. The van der Waals surface area contributed by atoms with Gasteiger partial charge in [-0.25, -0.2) is 4.98 Å². The van der Waals surface area contributed by atoms with Crippen LogP contribution >= 0.6 is 27.3 Å². The van der Waals surface area contributed by atoms with Crippen molar-refractivity contribution in [3.8, 4) is 0 Å². The van der Waals surface area contributed by atoms with Gasteiger partial charge < -0.3 is 13.7 Å². The molecule has 0 fully saturated rings. The number of fused-ring (bicyclic) bond motifs is 1. The van der Waals surface area contributed by atoms with Crippen LogP contribution in [0.5, 0.6) is 0 Å². The van der Waals surface area contributed by atoms with Crippen LogP contribution in [0.3, 0.4) is 0 Å². The molecule has 0 saturated heterocycles. The van der Waals surface area contributed by atoms with E-state index >= 15 is 0 Å². The van der Waals surface area contributed by atoms with Crippen LogP contribution in [0.25, 0.3) is 11.1 Å². The molecule has 1 amide bonds. The molecular formula is C14H14BrN3O3S. The fourth-order valence-electron chi connectivity index (χ4n) is 2.20. The van der Waals surface area contributed by atoms with Gasteiger partial charge in [0.05, 0.1) is 17.8 Å². The summed E-state index contributed by atoms with van der Waals surface area (Å²) in [7, 11) is 1.63. The predicted octanol–water partition coefficient (Wildman–Crippen LogP) is 3.66. The molecule has 3 aromatic heterocycles. The molecule has 6 nitrogen and oxygen atoms in total. The average Bonchev–Trinajstić information content (AvgIpc) is 3.11. The number of thiazole rings is 1. The fraction of sp³-hybridized carbons (Fsp3) is 0.286. The molecule has 1 N–H and O–H groups in total. The minimum atomic E-state index is -0.215. The number of ether oxygens (including phenoxy) is 1. The van der Waals surface area contributed by atoms with Gasteiger partial charge >= 0.3 is 0 Å². The number of hydrogen-bond donors (Lipinski definition) is 1. The topological polar surface area (TPSA) is 69.3 Å². The number of hydrogen-bond acceptors (Lipinski definition) is 5. The fourth-order valence-corrected chi connectivity index (χ4v) is 3.27. The first-order valence-electron chi connectivity index (χ1n) is 6.59.